The highest BCUT2D eigenvalue weighted by Crippen LogP contribution is 2.12. The quantitative estimate of drug-likeness (QED) is 0.665. The monoisotopic (exact) mass is 295 g/mol. The largest absolute Gasteiger partial charge is 0.480 e. The molecule has 8 nitrogen and oxygen atoms in total. The third-order valence-electron chi connectivity index (χ3n) is 3.26. The normalized spacial score (nSPS) is 20.6. The van der Waals surface area contributed by atoms with Gasteiger partial charge in [-0.05, 0) is 19.1 Å². The van der Waals surface area contributed by atoms with E-state index in [1.54, 1.807) is 19.1 Å². The zero-order chi connectivity index (χ0) is 15.4. The van der Waals surface area contributed by atoms with Crippen molar-refractivity contribution in [2.24, 2.45) is 0 Å². The van der Waals surface area contributed by atoms with Crippen molar-refractivity contribution in [3.63, 3.8) is 0 Å². The summed E-state index contributed by atoms with van der Waals surface area (Å²) in [6.07, 6.45) is 1.51. The van der Waals surface area contributed by atoms with Gasteiger partial charge in [-0.25, -0.2) is 0 Å². The maximum Gasteiger partial charge on any atom is 0.322 e. The Labute approximate surface area is 121 Å². The highest BCUT2D eigenvalue weighted by Gasteiger charge is 2.33. The first-order valence-corrected chi connectivity index (χ1v) is 6.53. The molecule has 1 aliphatic rings. The van der Waals surface area contributed by atoms with E-state index < -0.39 is 12.0 Å². The van der Waals surface area contributed by atoms with Gasteiger partial charge in [0.25, 0.3) is 0 Å². The van der Waals surface area contributed by atoms with E-state index in [2.05, 4.69) is 10.6 Å². The van der Waals surface area contributed by atoms with Crippen molar-refractivity contribution in [1.29, 1.82) is 0 Å². The maximum atomic E-state index is 12.0. The van der Waals surface area contributed by atoms with Gasteiger partial charge in [-0.2, -0.15) is 0 Å². The van der Waals surface area contributed by atoms with Gasteiger partial charge < -0.3 is 20.2 Å². The minimum atomic E-state index is -1.07. The van der Waals surface area contributed by atoms with Crippen LogP contribution in [0.25, 0.3) is 0 Å². The van der Waals surface area contributed by atoms with E-state index in [4.69, 9.17) is 9.52 Å². The van der Waals surface area contributed by atoms with Crippen LogP contribution in [0.1, 0.15) is 18.7 Å². The summed E-state index contributed by atoms with van der Waals surface area (Å²) in [7, 11) is 0. The Balaban J connectivity index is 1.93. The van der Waals surface area contributed by atoms with Crippen molar-refractivity contribution in [2.45, 2.75) is 19.0 Å². The predicted octanol–water partition coefficient (Wildman–Crippen LogP) is -0.658. The fourth-order valence-corrected chi connectivity index (χ4v) is 2.18. The topological polar surface area (TPSA) is 112 Å². The van der Waals surface area contributed by atoms with Gasteiger partial charge in [-0.1, -0.05) is 0 Å². The summed E-state index contributed by atoms with van der Waals surface area (Å²) >= 11 is 0. The van der Waals surface area contributed by atoms with Gasteiger partial charge in [-0.3, -0.25) is 19.3 Å². The predicted molar refractivity (Wildman–Crippen MR) is 71.3 cm³/mol. The Bertz CT molecular complexity index is 528. The highest BCUT2D eigenvalue weighted by atomic mass is 16.4. The lowest BCUT2D eigenvalue weighted by Gasteiger charge is -2.32. The average Bonchev–Trinajstić information content (AvgIpc) is 2.91. The van der Waals surface area contributed by atoms with Gasteiger partial charge in [0, 0.05) is 6.54 Å². The van der Waals surface area contributed by atoms with Crippen LogP contribution in [-0.2, 0) is 14.4 Å². The summed E-state index contributed by atoms with van der Waals surface area (Å²) < 4.78 is 5.18. The summed E-state index contributed by atoms with van der Waals surface area (Å²) in [5.41, 5.74) is 0. The molecule has 21 heavy (non-hydrogen) atoms. The first kappa shape index (κ1) is 15.0. The Hall–Kier alpha value is -2.35. The molecule has 8 heteroatoms. The third-order valence-corrected chi connectivity index (χ3v) is 3.26. The van der Waals surface area contributed by atoms with Crippen LogP contribution in [0, 0.1) is 0 Å². The van der Waals surface area contributed by atoms with Crippen LogP contribution in [-0.4, -0.2) is 53.5 Å². The zero-order valence-corrected chi connectivity index (χ0v) is 11.5. The molecule has 2 unspecified atom stereocenters. The Kier molecular flexibility index (Phi) is 4.59. The Morgan fingerprint density at radius 2 is 2.38 bits per heavy atom. The molecular formula is C13H17N3O5. The summed E-state index contributed by atoms with van der Waals surface area (Å²) in [5.74, 6) is -1.12. The number of nitrogens with one attached hydrogen (secondary N) is 2. The molecular weight excluding hydrogens is 278 g/mol. The fraction of sp³-hybridized carbons (Fsp3) is 0.462. The van der Waals surface area contributed by atoms with Crippen LogP contribution in [0.4, 0.5) is 0 Å². The van der Waals surface area contributed by atoms with Crippen LogP contribution in [0.2, 0.25) is 0 Å². The summed E-state index contributed by atoms with van der Waals surface area (Å²) in [6, 6.07) is 2.23. The molecule has 0 aliphatic carbocycles. The van der Waals surface area contributed by atoms with Crippen molar-refractivity contribution >= 4 is 17.8 Å². The van der Waals surface area contributed by atoms with E-state index in [9.17, 15) is 14.4 Å². The fourth-order valence-electron chi connectivity index (χ4n) is 2.18. The van der Waals surface area contributed by atoms with Crippen LogP contribution < -0.4 is 10.6 Å². The molecule has 2 rings (SSSR count). The van der Waals surface area contributed by atoms with Crippen molar-refractivity contribution in [1.82, 2.24) is 15.5 Å². The molecule has 114 valence electrons. The smallest absolute Gasteiger partial charge is 0.322 e. The number of nitrogens with zero attached hydrogens (tertiary/aromatic N) is 1. The third kappa shape index (κ3) is 3.82. The first-order chi connectivity index (χ1) is 9.97. The number of piperazine rings is 1. The van der Waals surface area contributed by atoms with Crippen molar-refractivity contribution in [3.8, 4) is 0 Å². The number of carbonyl (C=O) groups is 3. The van der Waals surface area contributed by atoms with Crippen molar-refractivity contribution in [3.05, 3.63) is 24.2 Å². The number of furan rings is 1. The molecule has 0 bridgehead atoms. The summed E-state index contributed by atoms with van der Waals surface area (Å²) in [6.45, 7) is 1.48. The van der Waals surface area contributed by atoms with E-state index >= 15 is 0 Å². The molecule has 3 N–H and O–H groups in total. The Morgan fingerprint density at radius 1 is 1.62 bits per heavy atom. The van der Waals surface area contributed by atoms with Gasteiger partial charge in [0.15, 0.2) is 0 Å². The van der Waals surface area contributed by atoms with Crippen molar-refractivity contribution < 1.29 is 23.9 Å². The van der Waals surface area contributed by atoms with Gasteiger partial charge in [0.2, 0.25) is 11.8 Å². The second kappa shape index (κ2) is 6.40. The summed E-state index contributed by atoms with van der Waals surface area (Å²) in [4.78, 5) is 35.8. The second-order valence-electron chi connectivity index (χ2n) is 4.87. The number of carboxylic acid groups (broad SMARTS) is 1. The van der Waals surface area contributed by atoms with E-state index in [1.807, 2.05) is 0 Å². The Morgan fingerprint density at radius 3 is 3.00 bits per heavy atom. The van der Waals surface area contributed by atoms with Gasteiger partial charge in [-0.15, -0.1) is 0 Å². The highest BCUT2D eigenvalue weighted by molar-refractivity contribution is 5.85. The first-order valence-electron chi connectivity index (χ1n) is 6.53. The van der Waals surface area contributed by atoms with Crippen LogP contribution in [0.3, 0.4) is 0 Å². The maximum absolute atomic E-state index is 12.0. The molecule has 2 amide bonds. The number of carbonyl (C=O) groups excluding carboxylic acids is 2. The number of aliphatic carboxylic acids is 1. The molecule has 1 aromatic heterocycles. The lowest BCUT2D eigenvalue weighted by molar-refractivity contribution is -0.146. The van der Waals surface area contributed by atoms with E-state index in [1.165, 1.54) is 11.2 Å². The number of hydrogen-bond acceptors (Lipinski definition) is 5. The van der Waals surface area contributed by atoms with Gasteiger partial charge in [0.1, 0.15) is 11.8 Å². The summed E-state index contributed by atoms with van der Waals surface area (Å²) in [5, 5.41) is 14.3. The molecule has 2 atom stereocenters. The van der Waals surface area contributed by atoms with Gasteiger partial charge >= 0.3 is 5.97 Å². The van der Waals surface area contributed by atoms with E-state index in [0.717, 1.165) is 0 Å². The number of hydrogen-bond donors (Lipinski definition) is 3. The van der Waals surface area contributed by atoms with Crippen LogP contribution >= 0.6 is 0 Å². The molecule has 1 aliphatic heterocycles. The van der Waals surface area contributed by atoms with E-state index in [0.29, 0.717) is 5.76 Å². The minimum Gasteiger partial charge on any atom is -0.480 e. The van der Waals surface area contributed by atoms with Crippen molar-refractivity contribution in [2.75, 3.05) is 19.6 Å². The number of carboxylic acids is 1. The standard InChI is InChI=1S/C13H17N3O5/c1-8(10-3-2-4-21-10)15-12(18)7-16-6-11(17)14-5-9(16)13(19)20/h2-4,8-9H,5-7H2,1H3,(H,14,17)(H,15,18)(H,19,20). The van der Waals surface area contributed by atoms with E-state index in [-0.39, 0.29) is 37.5 Å². The second-order valence-corrected chi connectivity index (χ2v) is 4.87. The number of rotatable bonds is 5. The minimum absolute atomic E-state index is 0.00478. The van der Waals surface area contributed by atoms with Crippen LogP contribution in [0.15, 0.2) is 22.8 Å². The lowest BCUT2D eigenvalue weighted by Crippen LogP contribution is -2.59. The molecule has 0 saturated carbocycles. The molecule has 1 fully saturated rings. The molecule has 1 saturated heterocycles. The molecule has 1 aromatic rings. The number of amides is 2. The molecule has 0 radical (unpaired) electrons. The van der Waals surface area contributed by atoms with Gasteiger partial charge in [0.05, 0.1) is 25.4 Å². The SMILES string of the molecule is CC(NC(=O)CN1CC(=O)NCC1C(=O)O)c1ccco1. The van der Waals surface area contributed by atoms with Crippen LogP contribution in [0.5, 0.6) is 0 Å². The average molecular weight is 295 g/mol. The zero-order valence-electron chi connectivity index (χ0n) is 11.5. The molecule has 0 aromatic carbocycles. The molecule has 2 heterocycles. The lowest BCUT2D eigenvalue weighted by atomic mass is 10.2. The molecule has 0 spiro atoms.